The third-order valence-corrected chi connectivity index (χ3v) is 6.07. The predicted molar refractivity (Wildman–Crippen MR) is 120 cm³/mol. The number of carbonyl (C=O) groups excluding carboxylic acids is 2. The van der Waals surface area contributed by atoms with E-state index in [-0.39, 0.29) is 18.4 Å². The van der Waals surface area contributed by atoms with Gasteiger partial charge in [0.15, 0.2) is 0 Å². The molecule has 0 saturated heterocycles. The van der Waals surface area contributed by atoms with Crippen molar-refractivity contribution < 1.29 is 28.5 Å². The zero-order valence-electron chi connectivity index (χ0n) is 18.5. The van der Waals surface area contributed by atoms with Crippen molar-refractivity contribution >= 4 is 27.8 Å². The van der Waals surface area contributed by atoms with Crippen LogP contribution in [-0.2, 0) is 30.2 Å². The monoisotopic (exact) mass is 495 g/mol. The van der Waals surface area contributed by atoms with Crippen molar-refractivity contribution in [2.45, 2.75) is 50.7 Å². The van der Waals surface area contributed by atoms with Crippen molar-refractivity contribution in [1.29, 1.82) is 0 Å². The van der Waals surface area contributed by atoms with Crippen LogP contribution in [0.2, 0.25) is 0 Å². The quantitative estimate of drug-likeness (QED) is 0.322. The highest BCUT2D eigenvalue weighted by Gasteiger charge is 2.44. The molecule has 1 aromatic rings. The summed E-state index contributed by atoms with van der Waals surface area (Å²) >= 11 is 3.51. The molecule has 2 rings (SSSR count). The van der Waals surface area contributed by atoms with Gasteiger partial charge in [-0.2, -0.15) is 0 Å². The number of methoxy groups -OCH3 is 3. The van der Waals surface area contributed by atoms with Gasteiger partial charge in [0.25, 0.3) is 0 Å². The number of halogens is 1. The third kappa shape index (κ3) is 6.70. The summed E-state index contributed by atoms with van der Waals surface area (Å²) in [6, 6.07) is 3.64. The Balaban J connectivity index is 2.12. The number of nitrogens with one attached hydrogen (secondary N) is 1. The molecule has 8 heteroatoms. The second-order valence-electron chi connectivity index (χ2n) is 7.38. The van der Waals surface area contributed by atoms with Crippen molar-refractivity contribution in [2.75, 3.05) is 34.5 Å². The molecule has 1 aromatic carbocycles. The normalized spacial score (nSPS) is 20.4. The predicted octanol–water partition coefficient (Wildman–Crippen LogP) is 3.01. The van der Waals surface area contributed by atoms with E-state index in [1.54, 1.807) is 27.2 Å². The first-order valence-corrected chi connectivity index (χ1v) is 11.0. The second kappa shape index (κ2) is 12.1. The van der Waals surface area contributed by atoms with Gasteiger partial charge in [-0.05, 0) is 44.7 Å². The number of rotatable bonds is 9. The number of hydrogen-bond acceptors (Lipinski definition) is 6. The average molecular weight is 496 g/mol. The van der Waals surface area contributed by atoms with Crippen molar-refractivity contribution in [3.05, 3.63) is 27.7 Å². The van der Waals surface area contributed by atoms with Crippen LogP contribution in [0.5, 0.6) is 5.75 Å². The minimum absolute atomic E-state index is 0.0336. The molecule has 0 spiro atoms. The summed E-state index contributed by atoms with van der Waals surface area (Å²) in [4.78, 5) is 25.6. The van der Waals surface area contributed by atoms with Crippen LogP contribution in [0.4, 0.5) is 0 Å². The van der Waals surface area contributed by atoms with Gasteiger partial charge in [0.05, 0.1) is 40.0 Å². The lowest BCUT2D eigenvalue weighted by atomic mass is 9.80. The molecule has 1 saturated carbocycles. The van der Waals surface area contributed by atoms with Gasteiger partial charge in [-0.1, -0.05) is 21.9 Å². The first-order valence-electron chi connectivity index (χ1n) is 10.2. The van der Waals surface area contributed by atoms with E-state index in [1.165, 1.54) is 7.11 Å². The molecular weight excluding hydrogens is 466 g/mol. The smallest absolute Gasteiger partial charge is 0.331 e. The standard InChI is InChI=1S/C23H30BrNO6/c1-5-6-16-13-19(24)18(20(14-16)29-3)15-21(26)25-23(22(27)30-4)9-7-17(8-10-23)31-12-11-28-2/h13-14,17H,7-12,15H2,1-4H3,(H,25,26). The average Bonchev–Trinajstić information content (AvgIpc) is 2.76. The van der Waals surface area contributed by atoms with E-state index < -0.39 is 11.5 Å². The van der Waals surface area contributed by atoms with Gasteiger partial charge in [-0.25, -0.2) is 4.79 Å². The van der Waals surface area contributed by atoms with E-state index in [1.807, 2.05) is 6.07 Å². The molecule has 0 atom stereocenters. The summed E-state index contributed by atoms with van der Waals surface area (Å²) in [7, 11) is 4.51. The lowest BCUT2D eigenvalue weighted by Gasteiger charge is -2.38. The summed E-state index contributed by atoms with van der Waals surface area (Å²) in [5.41, 5.74) is 0.423. The summed E-state index contributed by atoms with van der Waals surface area (Å²) < 4.78 is 22.0. The summed E-state index contributed by atoms with van der Waals surface area (Å²) in [5, 5.41) is 2.94. The molecule has 1 amide bonds. The van der Waals surface area contributed by atoms with Gasteiger partial charge in [0, 0.05) is 22.7 Å². The second-order valence-corrected chi connectivity index (χ2v) is 8.23. The number of esters is 1. The van der Waals surface area contributed by atoms with Gasteiger partial charge < -0.3 is 24.3 Å². The lowest BCUT2D eigenvalue weighted by molar-refractivity contribution is -0.154. The molecule has 0 heterocycles. The van der Waals surface area contributed by atoms with Crippen LogP contribution in [0, 0.1) is 11.8 Å². The minimum Gasteiger partial charge on any atom is -0.496 e. The number of carbonyl (C=O) groups is 2. The molecule has 1 aliphatic rings. The Labute approximate surface area is 192 Å². The Morgan fingerprint density at radius 3 is 2.48 bits per heavy atom. The Kier molecular flexibility index (Phi) is 9.82. The highest BCUT2D eigenvalue weighted by Crippen LogP contribution is 2.33. The molecule has 7 nitrogen and oxygen atoms in total. The van der Waals surface area contributed by atoms with Crippen LogP contribution in [0.3, 0.4) is 0 Å². The van der Waals surface area contributed by atoms with Gasteiger partial charge in [0.2, 0.25) is 5.91 Å². The maximum Gasteiger partial charge on any atom is 0.331 e. The highest BCUT2D eigenvalue weighted by molar-refractivity contribution is 9.10. The topological polar surface area (TPSA) is 83.1 Å². The number of amides is 1. The molecule has 31 heavy (non-hydrogen) atoms. The fourth-order valence-corrected chi connectivity index (χ4v) is 4.36. The fraction of sp³-hybridized carbons (Fsp3) is 0.565. The van der Waals surface area contributed by atoms with Gasteiger partial charge in [-0.15, -0.1) is 5.92 Å². The zero-order valence-corrected chi connectivity index (χ0v) is 20.1. The Morgan fingerprint density at radius 1 is 1.19 bits per heavy atom. The van der Waals surface area contributed by atoms with Gasteiger partial charge in [0.1, 0.15) is 11.3 Å². The Hall–Kier alpha value is -2.08. The molecule has 0 unspecified atom stereocenters. The van der Waals surface area contributed by atoms with E-state index in [0.717, 1.165) is 10.0 Å². The van der Waals surface area contributed by atoms with Crippen molar-refractivity contribution in [1.82, 2.24) is 5.32 Å². The summed E-state index contributed by atoms with van der Waals surface area (Å²) in [6.07, 6.45) is 2.29. The van der Waals surface area contributed by atoms with E-state index >= 15 is 0 Å². The number of ether oxygens (including phenoxy) is 4. The lowest BCUT2D eigenvalue weighted by Crippen LogP contribution is -2.57. The van der Waals surface area contributed by atoms with Crippen LogP contribution >= 0.6 is 15.9 Å². The maximum absolute atomic E-state index is 13.0. The van der Waals surface area contributed by atoms with Crippen molar-refractivity contribution in [3.63, 3.8) is 0 Å². The molecule has 1 aliphatic carbocycles. The molecule has 0 aliphatic heterocycles. The zero-order chi connectivity index (χ0) is 22.9. The van der Waals surface area contributed by atoms with Gasteiger partial charge in [-0.3, -0.25) is 4.79 Å². The molecule has 1 fully saturated rings. The number of hydrogen-bond donors (Lipinski definition) is 1. The van der Waals surface area contributed by atoms with Crippen molar-refractivity contribution in [3.8, 4) is 17.6 Å². The van der Waals surface area contributed by atoms with Crippen LogP contribution in [0.15, 0.2) is 16.6 Å². The SMILES string of the molecule is CC#Cc1cc(Br)c(CC(=O)NC2(C(=O)OC)CCC(OCCOC)CC2)c(OC)c1. The molecule has 1 N–H and O–H groups in total. The largest absolute Gasteiger partial charge is 0.496 e. The van der Waals surface area contributed by atoms with Crippen LogP contribution < -0.4 is 10.1 Å². The fourth-order valence-electron chi connectivity index (χ4n) is 3.78. The van der Waals surface area contributed by atoms with Crippen molar-refractivity contribution in [2.24, 2.45) is 0 Å². The van der Waals surface area contributed by atoms with E-state index in [2.05, 4.69) is 33.1 Å². The minimum atomic E-state index is -1.06. The van der Waals surface area contributed by atoms with E-state index in [9.17, 15) is 9.59 Å². The van der Waals surface area contributed by atoms with Crippen LogP contribution in [0.1, 0.15) is 43.7 Å². The first kappa shape index (κ1) is 25.2. The molecule has 170 valence electrons. The molecule has 0 aromatic heterocycles. The third-order valence-electron chi connectivity index (χ3n) is 5.36. The Morgan fingerprint density at radius 2 is 1.90 bits per heavy atom. The molecule has 0 bridgehead atoms. The molecular formula is C23H30BrNO6. The van der Waals surface area contributed by atoms with E-state index in [4.69, 9.17) is 18.9 Å². The van der Waals surface area contributed by atoms with E-state index in [0.29, 0.717) is 50.2 Å². The van der Waals surface area contributed by atoms with Crippen LogP contribution in [-0.4, -0.2) is 58.1 Å². The van der Waals surface area contributed by atoms with Crippen LogP contribution in [0.25, 0.3) is 0 Å². The number of benzene rings is 1. The summed E-state index contributed by atoms with van der Waals surface area (Å²) in [5.74, 6) is 5.67. The molecule has 0 radical (unpaired) electrons. The first-order chi connectivity index (χ1) is 14.9. The summed E-state index contributed by atoms with van der Waals surface area (Å²) in [6.45, 7) is 2.78. The maximum atomic E-state index is 13.0. The highest BCUT2D eigenvalue weighted by atomic mass is 79.9. The Bertz CT molecular complexity index is 836. The van der Waals surface area contributed by atoms with Gasteiger partial charge >= 0.3 is 5.97 Å².